The van der Waals surface area contributed by atoms with Crippen molar-refractivity contribution in [1.82, 2.24) is 0 Å². The molecular weight excluding hydrogens is 248 g/mol. The van der Waals surface area contributed by atoms with Gasteiger partial charge in [0.25, 0.3) is 5.91 Å². The van der Waals surface area contributed by atoms with Gasteiger partial charge in [0.15, 0.2) is 0 Å². The summed E-state index contributed by atoms with van der Waals surface area (Å²) in [7, 11) is 0. The van der Waals surface area contributed by atoms with Gasteiger partial charge < -0.3 is 11.1 Å². The monoisotopic (exact) mass is 268 g/mol. The van der Waals surface area contributed by atoms with Crippen molar-refractivity contribution < 1.29 is 4.79 Å². The molecule has 0 saturated heterocycles. The molecule has 0 fully saturated rings. The summed E-state index contributed by atoms with van der Waals surface area (Å²) in [5.74, 6) is -0.0802. The van der Waals surface area contributed by atoms with Gasteiger partial charge in [0.2, 0.25) is 0 Å². The summed E-state index contributed by atoms with van der Waals surface area (Å²) in [6.07, 6.45) is 1.96. The molecule has 2 aromatic carbocycles. The van der Waals surface area contributed by atoms with Crippen LogP contribution in [0.3, 0.4) is 0 Å². The van der Waals surface area contributed by atoms with Crippen molar-refractivity contribution in [1.29, 1.82) is 0 Å². The van der Waals surface area contributed by atoms with E-state index >= 15 is 0 Å². The molecule has 0 radical (unpaired) electrons. The molecule has 20 heavy (non-hydrogen) atoms. The van der Waals surface area contributed by atoms with Gasteiger partial charge in [-0.15, -0.1) is 0 Å². The van der Waals surface area contributed by atoms with Crippen LogP contribution < -0.4 is 11.1 Å². The number of benzene rings is 2. The molecule has 0 spiro atoms. The number of nitrogens with one attached hydrogen (secondary N) is 1. The normalized spacial score (nSPS) is 10.3. The second kappa shape index (κ2) is 6.87. The standard InChI is InChI=1S/C17H20N2O/c1-13-4-2-6-15(12-13)17(20)19-16-9-7-14(8-10-16)5-3-11-18/h2,4,6-10,12H,3,5,11,18H2,1H3,(H,19,20). The zero-order chi connectivity index (χ0) is 14.4. The van der Waals surface area contributed by atoms with Crippen LogP contribution in [-0.4, -0.2) is 12.5 Å². The molecule has 3 nitrogen and oxygen atoms in total. The highest BCUT2D eigenvalue weighted by Gasteiger charge is 2.05. The predicted octanol–water partition coefficient (Wildman–Crippen LogP) is 3.14. The van der Waals surface area contributed by atoms with E-state index in [-0.39, 0.29) is 5.91 Å². The number of anilines is 1. The van der Waals surface area contributed by atoms with Crippen molar-refractivity contribution in [3.63, 3.8) is 0 Å². The van der Waals surface area contributed by atoms with E-state index in [1.807, 2.05) is 55.5 Å². The van der Waals surface area contributed by atoms with Crippen LogP contribution in [0.2, 0.25) is 0 Å². The first-order valence-electron chi connectivity index (χ1n) is 6.86. The van der Waals surface area contributed by atoms with E-state index in [4.69, 9.17) is 5.73 Å². The van der Waals surface area contributed by atoms with E-state index in [1.165, 1.54) is 5.56 Å². The Morgan fingerprint density at radius 3 is 2.55 bits per heavy atom. The molecule has 0 saturated carbocycles. The van der Waals surface area contributed by atoms with Crippen LogP contribution in [0.1, 0.15) is 27.9 Å². The topological polar surface area (TPSA) is 55.1 Å². The molecule has 3 heteroatoms. The fourth-order valence-corrected chi connectivity index (χ4v) is 2.05. The molecule has 2 rings (SSSR count). The SMILES string of the molecule is Cc1cccc(C(=O)Nc2ccc(CCCN)cc2)c1. The number of carbonyl (C=O) groups excluding carboxylic acids is 1. The summed E-state index contributed by atoms with van der Waals surface area (Å²) in [4.78, 5) is 12.1. The third kappa shape index (κ3) is 3.93. The molecule has 0 bridgehead atoms. The molecule has 0 aliphatic heterocycles. The summed E-state index contributed by atoms with van der Waals surface area (Å²) in [6, 6.07) is 15.5. The van der Waals surface area contributed by atoms with E-state index in [1.54, 1.807) is 0 Å². The van der Waals surface area contributed by atoms with Crippen molar-refractivity contribution >= 4 is 11.6 Å². The largest absolute Gasteiger partial charge is 0.330 e. The van der Waals surface area contributed by atoms with Crippen LogP contribution in [0.5, 0.6) is 0 Å². The van der Waals surface area contributed by atoms with E-state index in [9.17, 15) is 4.79 Å². The lowest BCUT2D eigenvalue weighted by atomic mass is 10.1. The summed E-state index contributed by atoms with van der Waals surface area (Å²) in [5.41, 5.74) is 9.30. The third-order valence-corrected chi connectivity index (χ3v) is 3.16. The van der Waals surface area contributed by atoms with Crippen LogP contribution in [0, 0.1) is 6.92 Å². The molecule has 0 aromatic heterocycles. The number of hydrogen-bond acceptors (Lipinski definition) is 2. The number of hydrogen-bond donors (Lipinski definition) is 2. The first-order valence-corrected chi connectivity index (χ1v) is 6.86. The lowest BCUT2D eigenvalue weighted by Crippen LogP contribution is -2.11. The van der Waals surface area contributed by atoms with Crippen molar-refractivity contribution in [2.45, 2.75) is 19.8 Å². The minimum absolute atomic E-state index is 0.0802. The number of nitrogens with two attached hydrogens (primary N) is 1. The maximum Gasteiger partial charge on any atom is 0.255 e. The van der Waals surface area contributed by atoms with Crippen LogP contribution in [0.15, 0.2) is 48.5 Å². The van der Waals surface area contributed by atoms with E-state index in [0.29, 0.717) is 12.1 Å². The molecule has 0 unspecified atom stereocenters. The Kier molecular flexibility index (Phi) is 4.91. The van der Waals surface area contributed by atoms with E-state index in [2.05, 4.69) is 5.32 Å². The number of aryl methyl sites for hydroxylation is 2. The Bertz CT molecular complexity index is 576. The summed E-state index contributed by atoms with van der Waals surface area (Å²) in [5, 5.41) is 2.91. The lowest BCUT2D eigenvalue weighted by molar-refractivity contribution is 0.102. The van der Waals surface area contributed by atoms with E-state index < -0.39 is 0 Å². The maximum atomic E-state index is 12.1. The summed E-state index contributed by atoms with van der Waals surface area (Å²) >= 11 is 0. The number of rotatable bonds is 5. The Morgan fingerprint density at radius 1 is 1.15 bits per heavy atom. The van der Waals surface area contributed by atoms with E-state index in [0.717, 1.165) is 24.1 Å². The minimum atomic E-state index is -0.0802. The second-order valence-corrected chi connectivity index (χ2v) is 4.91. The van der Waals surface area contributed by atoms with Gasteiger partial charge in [0, 0.05) is 11.3 Å². The Labute approximate surface area is 119 Å². The number of carbonyl (C=O) groups is 1. The quantitative estimate of drug-likeness (QED) is 0.875. The zero-order valence-corrected chi connectivity index (χ0v) is 11.7. The Morgan fingerprint density at radius 2 is 1.90 bits per heavy atom. The molecule has 1 amide bonds. The fraction of sp³-hybridized carbons (Fsp3) is 0.235. The van der Waals surface area contributed by atoms with Crippen molar-refractivity contribution in [2.24, 2.45) is 5.73 Å². The number of amides is 1. The van der Waals surface area contributed by atoms with Gasteiger partial charge in [-0.1, -0.05) is 29.8 Å². The van der Waals surface area contributed by atoms with Crippen LogP contribution in [0.25, 0.3) is 0 Å². The average Bonchev–Trinajstić information content (AvgIpc) is 2.46. The molecule has 0 aliphatic rings. The predicted molar refractivity (Wildman–Crippen MR) is 82.9 cm³/mol. The Balaban J connectivity index is 2.01. The minimum Gasteiger partial charge on any atom is -0.330 e. The molecule has 3 N–H and O–H groups in total. The van der Waals surface area contributed by atoms with Crippen LogP contribution >= 0.6 is 0 Å². The maximum absolute atomic E-state index is 12.1. The highest BCUT2D eigenvalue weighted by Crippen LogP contribution is 2.13. The van der Waals surface area contributed by atoms with Gasteiger partial charge in [-0.3, -0.25) is 4.79 Å². The van der Waals surface area contributed by atoms with Gasteiger partial charge in [0.1, 0.15) is 0 Å². The average molecular weight is 268 g/mol. The van der Waals surface area contributed by atoms with Gasteiger partial charge in [-0.05, 0) is 56.1 Å². The molecular formula is C17H20N2O. The molecule has 2 aromatic rings. The van der Waals surface area contributed by atoms with Gasteiger partial charge in [-0.25, -0.2) is 0 Å². The highest BCUT2D eigenvalue weighted by atomic mass is 16.1. The summed E-state index contributed by atoms with van der Waals surface area (Å²) < 4.78 is 0. The van der Waals surface area contributed by atoms with Gasteiger partial charge in [0.05, 0.1) is 0 Å². The highest BCUT2D eigenvalue weighted by molar-refractivity contribution is 6.04. The molecule has 0 heterocycles. The smallest absolute Gasteiger partial charge is 0.255 e. The lowest BCUT2D eigenvalue weighted by Gasteiger charge is -2.07. The molecule has 0 aliphatic carbocycles. The first-order chi connectivity index (χ1) is 9.69. The molecule has 0 atom stereocenters. The summed E-state index contributed by atoms with van der Waals surface area (Å²) in [6.45, 7) is 2.68. The van der Waals surface area contributed by atoms with Crippen LogP contribution in [-0.2, 0) is 6.42 Å². The van der Waals surface area contributed by atoms with Crippen molar-refractivity contribution in [3.8, 4) is 0 Å². The van der Waals surface area contributed by atoms with Crippen molar-refractivity contribution in [3.05, 3.63) is 65.2 Å². The van der Waals surface area contributed by atoms with Crippen LogP contribution in [0.4, 0.5) is 5.69 Å². The third-order valence-electron chi connectivity index (χ3n) is 3.16. The zero-order valence-electron chi connectivity index (χ0n) is 11.7. The second-order valence-electron chi connectivity index (χ2n) is 4.91. The molecule has 104 valence electrons. The van der Waals surface area contributed by atoms with Gasteiger partial charge >= 0.3 is 0 Å². The fourth-order valence-electron chi connectivity index (χ4n) is 2.05. The Hall–Kier alpha value is -2.13. The first kappa shape index (κ1) is 14.3. The van der Waals surface area contributed by atoms with Crippen molar-refractivity contribution in [2.75, 3.05) is 11.9 Å². The van der Waals surface area contributed by atoms with Gasteiger partial charge in [-0.2, -0.15) is 0 Å².